The number of hydrogen-bond acceptors (Lipinski definition) is 6. The van der Waals surface area contributed by atoms with Crippen molar-refractivity contribution < 1.29 is 14.7 Å². The molecule has 188 valence electrons. The zero-order valence-corrected chi connectivity index (χ0v) is 21.5. The predicted octanol–water partition coefficient (Wildman–Crippen LogP) is 4.28. The number of nitrogens with one attached hydrogen (secondary N) is 3. The van der Waals surface area contributed by atoms with Crippen LogP contribution in [0.2, 0.25) is 0 Å². The lowest BCUT2D eigenvalue weighted by Crippen LogP contribution is -2.44. The van der Waals surface area contributed by atoms with Gasteiger partial charge in [-0.15, -0.1) is 23.2 Å². The van der Waals surface area contributed by atoms with E-state index in [1.807, 2.05) is 27.7 Å². The number of alkyl halides is 2. The van der Waals surface area contributed by atoms with Gasteiger partial charge in [-0.2, -0.15) is 10.2 Å². The average molecular weight is 522 g/mol. The summed E-state index contributed by atoms with van der Waals surface area (Å²) in [6, 6.07) is 2.15. The van der Waals surface area contributed by atoms with Gasteiger partial charge in [-0.05, 0) is 59.1 Å². The summed E-state index contributed by atoms with van der Waals surface area (Å²) in [4.78, 5) is 29.7. The minimum atomic E-state index is -0.913. The van der Waals surface area contributed by atoms with Gasteiger partial charge in [0, 0.05) is 35.3 Å². The maximum Gasteiger partial charge on any atom is 0.270 e. The minimum Gasteiger partial charge on any atom is -0.504 e. The van der Waals surface area contributed by atoms with Crippen LogP contribution in [0.25, 0.3) is 11.1 Å². The molecule has 0 saturated carbocycles. The molecule has 10 nitrogen and oxygen atoms in total. The average Bonchev–Trinajstić information content (AvgIpc) is 3.41. The molecule has 0 spiro atoms. The number of halogens is 2. The Morgan fingerprint density at radius 2 is 1.97 bits per heavy atom. The third-order valence-corrected chi connectivity index (χ3v) is 5.89. The highest BCUT2D eigenvalue weighted by atomic mass is 35.5. The highest BCUT2D eigenvalue weighted by Gasteiger charge is 2.25. The molecule has 0 aliphatic heterocycles. The smallest absolute Gasteiger partial charge is 0.270 e. The second kappa shape index (κ2) is 11.5. The number of nitrogens with zero attached hydrogens (tertiary/aromatic N) is 4. The lowest BCUT2D eigenvalue weighted by molar-refractivity contribution is -0.118. The molecule has 0 saturated heterocycles. The van der Waals surface area contributed by atoms with Crippen LogP contribution in [0.15, 0.2) is 24.5 Å². The van der Waals surface area contributed by atoms with Crippen LogP contribution in [0.3, 0.4) is 0 Å². The van der Waals surface area contributed by atoms with E-state index in [9.17, 15) is 14.7 Å². The molecule has 3 heterocycles. The van der Waals surface area contributed by atoms with Crippen LogP contribution in [0, 0.1) is 13.8 Å². The number of aromatic nitrogens is 5. The lowest BCUT2D eigenvalue weighted by Gasteiger charge is -2.20. The molecule has 35 heavy (non-hydrogen) atoms. The van der Waals surface area contributed by atoms with Crippen molar-refractivity contribution in [2.45, 2.75) is 63.9 Å². The van der Waals surface area contributed by atoms with E-state index in [4.69, 9.17) is 23.2 Å². The number of aryl methyl sites for hydroxylation is 2. The number of hydrogen-bond donors (Lipinski definition) is 4. The summed E-state index contributed by atoms with van der Waals surface area (Å²) in [5, 5.41) is 27.1. The van der Waals surface area contributed by atoms with Gasteiger partial charge >= 0.3 is 0 Å². The van der Waals surface area contributed by atoms with Gasteiger partial charge in [0.1, 0.15) is 16.6 Å². The van der Waals surface area contributed by atoms with Gasteiger partial charge in [-0.1, -0.05) is 0 Å². The molecule has 0 aliphatic rings. The van der Waals surface area contributed by atoms with Crippen molar-refractivity contribution in [2.24, 2.45) is 0 Å². The third-order valence-electron chi connectivity index (χ3n) is 5.45. The Labute approximate surface area is 213 Å². The first kappa shape index (κ1) is 26.5. The Balaban J connectivity index is 1.78. The van der Waals surface area contributed by atoms with Gasteiger partial charge in [0.25, 0.3) is 5.91 Å². The van der Waals surface area contributed by atoms with Crippen LogP contribution in [0.4, 0.5) is 5.82 Å². The van der Waals surface area contributed by atoms with Crippen molar-refractivity contribution in [1.29, 1.82) is 0 Å². The summed E-state index contributed by atoms with van der Waals surface area (Å²) in [6.45, 7) is 7.52. The number of H-pyrrole nitrogens is 1. The Hall–Kier alpha value is -3.11. The van der Waals surface area contributed by atoms with E-state index in [-0.39, 0.29) is 24.0 Å². The number of aromatic amines is 1. The van der Waals surface area contributed by atoms with Crippen molar-refractivity contribution in [3.63, 3.8) is 0 Å². The predicted molar refractivity (Wildman–Crippen MR) is 135 cm³/mol. The van der Waals surface area contributed by atoms with E-state index in [0.717, 1.165) is 17.0 Å². The van der Waals surface area contributed by atoms with Crippen LogP contribution >= 0.6 is 23.2 Å². The third kappa shape index (κ3) is 6.52. The SMILES string of the molecule is Cc1n[nH]c(C)c1-c1cnc(NC(=O)[C@H](CCCC(Cl)Cl)NC(=O)c2ccnn2C(C)C)c(O)c1. The zero-order chi connectivity index (χ0) is 25.7. The van der Waals surface area contributed by atoms with E-state index < -0.39 is 22.7 Å². The largest absolute Gasteiger partial charge is 0.504 e. The number of carbonyl (C=O) groups excluding carboxylic acids is 2. The first-order chi connectivity index (χ1) is 16.6. The van der Waals surface area contributed by atoms with Gasteiger partial charge in [-0.25, -0.2) is 4.98 Å². The topological polar surface area (TPSA) is 138 Å². The number of rotatable bonds is 10. The molecule has 3 aromatic heterocycles. The molecule has 0 radical (unpaired) electrons. The quantitative estimate of drug-likeness (QED) is 0.293. The summed E-state index contributed by atoms with van der Waals surface area (Å²) >= 11 is 11.7. The summed E-state index contributed by atoms with van der Waals surface area (Å²) in [5.41, 5.74) is 3.42. The Bertz CT molecular complexity index is 1170. The highest BCUT2D eigenvalue weighted by Crippen LogP contribution is 2.30. The molecular formula is C23H29Cl2N7O3. The van der Waals surface area contributed by atoms with Gasteiger partial charge in [-0.3, -0.25) is 19.4 Å². The number of pyridine rings is 1. The fourth-order valence-corrected chi connectivity index (χ4v) is 4.06. The number of anilines is 1. The van der Waals surface area contributed by atoms with Gasteiger partial charge in [0.2, 0.25) is 5.91 Å². The standard InChI is InChI=1S/C23H29Cl2N7O3/c1-12(2)32-17(8-9-27-32)23(35)28-16(6-5-7-19(24)25)22(34)29-21-18(33)10-15(11-26-21)20-13(3)30-31-14(20)4/h8-12,16,19,33H,5-7H2,1-4H3,(H,28,35)(H,30,31)(H,26,29,34)/t16-/m0/s1. The molecule has 3 rings (SSSR count). The summed E-state index contributed by atoms with van der Waals surface area (Å²) in [5.74, 6) is -1.19. The second-order valence-electron chi connectivity index (χ2n) is 8.49. The van der Waals surface area contributed by atoms with E-state index in [1.165, 1.54) is 12.3 Å². The van der Waals surface area contributed by atoms with Gasteiger partial charge < -0.3 is 15.7 Å². The highest BCUT2D eigenvalue weighted by molar-refractivity contribution is 6.44. The molecule has 0 aromatic carbocycles. The molecule has 0 unspecified atom stereocenters. The van der Waals surface area contributed by atoms with E-state index in [0.29, 0.717) is 24.1 Å². The Morgan fingerprint density at radius 1 is 1.23 bits per heavy atom. The molecule has 1 atom stereocenters. The van der Waals surface area contributed by atoms with E-state index in [1.54, 1.807) is 16.9 Å². The fourth-order valence-electron chi connectivity index (χ4n) is 3.75. The van der Waals surface area contributed by atoms with Crippen molar-refractivity contribution >= 4 is 40.8 Å². The minimum absolute atomic E-state index is 0.0171. The normalized spacial score (nSPS) is 12.2. The Morgan fingerprint density at radius 3 is 2.57 bits per heavy atom. The maximum atomic E-state index is 13.1. The van der Waals surface area contributed by atoms with Crippen molar-refractivity contribution in [3.8, 4) is 16.9 Å². The number of aromatic hydroxyl groups is 1. The number of amides is 2. The van der Waals surface area contributed by atoms with Gasteiger partial charge in [0.15, 0.2) is 11.6 Å². The van der Waals surface area contributed by atoms with Crippen LogP contribution in [-0.2, 0) is 4.79 Å². The molecule has 0 bridgehead atoms. The maximum absolute atomic E-state index is 13.1. The van der Waals surface area contributed by atoms with Crippen molar-refractivity contribution in [1.82, 2.24) is 30.3 Å². The summed E-state index contributed by atoms with van der Waals surface area (Å²) in [7, 11) is 0. The van der Waals surface area contributed by atoms with Crippen molar-refractivity contribution in [2.75, 3.05) is 5.32 Å². The van der Waals surface area contributed by atoms with Gasteiger partial charge in [0.05, 0.1) is 5.69 Å². The molecular weight excluding hydrogens is 493 g/mol. The second-order valence-corrected chi connectivity index (χ2v) is 9.77. The van der Waals surface area contributed by atoms with Crippen LogP contribution in [0.5, 0.6) is 5.75 Å². The molecule has 4 N–H and O–H groups in total. The fraction of sp³-hybridized carbons (Fsp3) is 0.435. The first-order valence-corrected chi connectivity index (χ1v) is 12.1. The van der Waals surface area contributed by atoms with E-state index in [2.05, 4.69) is 30.9 Å². The lowest BCUT2D eigenvalue weighted by atomic mass is 10.1. The summed E-state index contributed by atoms with van der Waals surface area (Å²) < 4.78 is 1.57. The molecule has 12 heteroatoms. The molecule has 0 aliphatic carbocycles. The summed E-state index contributed by atoms with van der Waals surface area (Å²) in [6.07, 6.45) is 4.31. The number of carbonyl (C=O) groups is 2. The van der Waals surface area contributed by atoms with Crippen LogP contribution in [-0.4, -0.2) is 52.8 Å². The molecule has 3 aromatic rings. The molecule has 2 amide bonds. The van der Waals surface area contributed by atoms with Crippen LogP contribution in [0.1, 0.15) is 61.0 Å². The van der Waals surface area contributed by atoms with E-state index >= 15 is 0 Å². The Kier molecular flexibility index (Phi) is 8.74. The molecule has 0 fully saturated rings. The zero-order valence-electron chi connectivity index (χ0n) is 20.0. The first-order valence-electron chi connectivity index (χ1n) is 11.2. The monoisotopic (exact) mass is 521 g/mol. The van der Waals surface area contributed by atoms with Crippen molar-refractivity contribution in [3.05, 3.63) is 41.6 Å². The van der Waals surface area contributed by atoms with Crippen LogP contribution < -0.4 is 10.6 Å².